The van der Waals surface area contributed by atoms with Gasteiger partial charge in [0.15, 0.2) is 5.78 Å². The molecular weight excluding hydrogens is 398 g/mol. The molecule has 4 heteroatoms. The van der Waals surface area contributed by atoms with Crippen molar-refractivity contribution in [2.24, 2.45) is 17.3 Å². The molecule has 4 aliphatic carbocycles. The summed E-state index contributed by atoms with van der Waals surface area (Å²) in [4.78, 5) is 14.8. The zero-order chi connectivity index (χ0) is 22.8. The van der Waals surface area contributed by atoms with Crippen LogP contribution in [0.15, 0.2) is 47.1 Å². The first-order chi connectivity index (χ1) is 15.2. The maximum absolute atomic E-state index is 12.7. The summed E-state index contributed by atoms with van der Waals surface area (Å²) in [5, 5.41) is 21.9. The molecule has 1 aromatic carbocycles. The fourth-order valence-electron chi connectivity index (χ4n) is 7.66. The molecule has 0 spiro atoms. The molecule has 0 bridgehead atoms. The molecule has 2 saturated carbocycles. The van der Waals surface area contributed by atoms with Crippen molar-refractivity contribution in [1.82, 2.24) is 0 Å². The van der Waals surface area contributed by atoms with Crippen LogP contribution in [-0.2, 0) is 4.79 Å². The summed E-state index contributed by atoms with van der Waals surface area (Å²) in [6.45, 7) is 3.76. The van der Waals surface area contributed by atoms with E-state index < -0.39 is 11.0 Å². The van der Waals surface area contributed by atoms with Gasteiger partial charge < -0.3 is 15.1 Å². The van der Waals surface area contributed by atoms with Crippen LogP contribution in [0.3, 0.4) is 0 Å². The lowest BCUT2D eigenvalue weighted by molar-refractivity contribution is -0.152. The molecule has 0 aromatic heterocycles. The first kappa shape index (κ1) is 21.9. The van der Waals surface area contributed by atoms with Crippen molar-refractivity contribution >= 4 is 11.5 Å². The van der Waals surface area contributed by atoms with Crippen LogP contribution in [0.4, 0.5) is 5.69 Å². The first-order valence-corrected chi connectivity index (χ1v) is 12.3. The predicted molar refractivity (Wildman–Crippen MR) is 128 cm³/mol. The maximum Gasteiger partial charge on any atom is 0.161 e. The average molecular weight is 436 g/mol. The summed E-state index contributed by atoms with van der Waals surface area (Å²) in [5.74, 6) is 0.875. The minimum absolute atomic E-state index is 0.0718. The van der Waals surface area contributed by atoms with E-state index in [4.69, 9.17) is 0 Å². The average Bonchev–Trinajstić information content (AvgIpc) is 3.04. The fraction of sp³-hybridized carbons (Fsp3) is 0.607. The normalized spacial score (nSPS) is 38.5. The summed E-state index contributed by atoms with van der Waals surface area (Å²) < 4.78 is 0. The Labute approximate surface area is 192 Å². The third kappa shape index (κ3) is 3.06. The van der Waals surface area contributed by atoms with E-state index in [0.717, 1.165) is 38.5 Å². The minimum atomic E-state index is -1.23. The van der Waals surface area contributed by atoms with E-state index in [0.29, 0.717) is 18.3 Å². The van der Waals surface area contributed by atoms with Gasteiger partial charge in [-0.15, -0.1) is 0 Å². The molecule has 0 saturated heterocycles. The van der Waals surface area contributed by atoms with Gasteiger partial charge in [0.2, 0.25) is 0 Å². The molecule has 4 nitrogen and oxygen atoms in total. The molecule has 172 valence electrons. The maximum atomic E-state index is 12.7. The molecule has 5 rings (SSSR count). The number of hydrogen-bond donors (Lipinski definition) is 2. The Kier molecular flexibility index (Phi) is 5.18. The Morgan fingerprint density at radius 1 is 1.09 bits per heavy atom. The van der Waals surface area contributed by atoms with Crippen LogP contribution in [0.25, 0.3) is 0 Å². The number of aliphatic hydroxyl groups excluding tert-OH is 1. The number of fused-ring (bicyclic) bond motifs is 4. The van der Waals surface area contributed by atoms with Crippen molar-refractivity contribution in [3.05, 3.63) is 52.6 Å². The Morgan fingerprint density at radius 2 is 1.81 bits per heavy atom. The number of carbonyl (C=O) groups excluding carboxylic acids is 1. The van der Waals surface area contributed by atoms with E-state index in [1.54, 1.807) is 12.5 Å². The van der Waals surface area contributed by atoms with Crippen molar-refractivity contribution in [1.29, 1.82) is 0 Å². The Balaban J connectivity index is 1.66. The number of hydrogen-bond acceptors (Lipinski definition) is 4. The van der Waals surface area contributed by atoms with E-state index in [1.165, 1.54) is 22.4 Å². The number of carbonyl (C=O) groups is 1. The smallest absolute Gasteiger partial charge is 0.161 e. The number of allylic oxidation sites excluding steroid dienone is 3. The van der Waals surface area contributed by atoms with Gasteiger partial charge in [0.1, 0.15) is 5.60 Å². The van der Waals surface area contributed by atoms with Crippen LogP contribution >= 0.6 is 0 Å². The third-order valence-corrected chi connectivity index (χ3v) is 9.41. The molecule has 0 amide bonds. The van der Waals surface area contributed by atoms with E-state index in [9.17, 15) is 15.0 Å². The summed E-state index contributed by atoms with van der Waals surface area (Å²) in [6.07, 6.45) is 7.84. The summed E-state index contributed by atoms with van der Waals surface area (Å²) >= 11 is 0. The molecule has 0 aliphatic heterocycles. The molecule has 2 fully saturated rings. The monoisotopic (exact) mass is 435 g/mol. The number of ketones is 1. The quantitative estimate of drug-likeness (QED) is 0.718. The highest BCUT2D eigenvalue weighted by atomic mass is 16.3. The molecule has 6 atom stereocenters. The lowest BCUT2D eigenvalue weighted by atomic mass is 9.51. The molecule has 4 unspecified atom stereocenters. The first-order valence-electron chi connectivity index (χ1n) is 12.3. The predicted octanol–water partition coefficient (Wildman–Crippen LogP) is 4.76. The molecule has 0 heterocycles. The molecule has 2 N–H and O–H groups in total. The Morgan fingerprint density at radius 3 is 2.47 bits per heavy atom. The summed E-state index contributed by atoms with van der Waals surface area (Å²) in [7, 11) is 4.11. The highest BCUT2D eigenvalue weighted by molar-refractivity contribution is 5.86. The minimum Gasteiger partial charge on any atom is -0.389 e. The molecule has 1 aromatic rings. The van der Waals surface area contributed by atoms with Crippen molar-refractivity contribution in [2.45, 2.75) is 76.4 Å². The van der Waals surface area contributed by atoms with Crippen LogP contribution < -0.4 is 4.90 Å². The lowest BCUT2D eigenvalue weighted by Gasteiger charge is -2.54. The Hall–Kier alpha value is -1.91. The van der Waals surface area contributed by atoms with Crippen LogP contribution in [0.2, 0.25) is 0 Å². The van der Waals surface area contributed by atoms with E-state index in [-0.39, 0.29) is 17.8 Å². The number of rotatable bonds is 3. The molecule has 32 heavy (non-hydrogen) atoms. The zero-order valence-corrected chi connectivity index (χ0v) is 19.9. The fourth-order valence-corrected chi connectivity index (χ4v) is 7.66. The molecule has 0 radical (unpaired) electrons. The number of Topliss-reactive ketones (excluding diaryl/α,β-unsaturated/α-hetero) is 1. The molecule has 4 aliphatic rings. The van der Waals surface area contributed by atoms with Gasteiger partial charge in [-0.1, -0.05) is 30.7 Å². The Bertz CT molecular complexity index is 990. The van der Waals surface area contributed by atoms with Crippen LogP contribution in [0, 0.1) is 17.3 Å². The van der Waals surface area contributed by atoms with Gasteiger partial charge in [-0.25, -0.2) is 0 Å². The lowest BCUT2D eigenvalue weighted by Crippen LogP contribution is -2.55. The van der Waals surface area contributed by atoms with Crippen molar-refractivity contribution in [3.63, 3.8) is 0 Å². The van der Waals surface area contributed by atoms with Gasteiger partial charge >= 0.3 is 0 Å². The van der Waals surface area contributed by atoms with E-state index in [1.807, 2.05) is 0 Å². The van der Waals surface area contributed by atoms with Crippen LogP contribution in [-0.4, -0.2) is 41.8 Å². The second-order valence-electron chi connectivity index (χ2n) is 11.1. The number of benzene rings is 1. The van der Waals surface area contributed by atoms with E-state index >= 15 is 0 Å². The highest BCUT2D eigenvalue weighted by Crippen LogP contribution is 2.66. The summed E-state index contributed by atoms with van der Waals surface area (Å²) in [6, 6.07) is 8.84. The summed E-state index contributed by atoms with van der Waals surface area (Å²) in [5.41, 5.74) is 5.17. The largest absolute Gasteiger partial charge is 0.389 e. The van der Waals surface area contributed by atoms with Crippen LogP contribution in [0.1, 0.15) is 70.3 Å². The number of aliphatic hydroxyl groups is 2. The van der Waals surface area contributed by atoms with Gasteiger partial charge in [-0.3, -0.25) is 4.79 Å². The van der Waals surface area contributed by atoms with Gasteiger partial charge in [0.25, 0.3) is 0 Å². The topological polar surface area (TPSA) is 60.8 Å². The standard InChI is InChI=1S/C28H37NO3/c1-17(30)28(32)14-13-25-23-11-7-19-15-21(31)10-12-22(19)26(23)24(16-27(25,28)2)18-5-8-20(9-6-18)29(3)4/h5-6,8-9,15,21,23-25,31-32H,7,10-14,16H2,1-4H3/t21?,23?,24?,25?,27-,28-/m0/s1. The van der Waals surface area contributed by atoms with Crippen molar-refractivity contribution in [2.75, 3.05) is 19.0 Å². The third-order valence-electron chi connectivity index (χ3n) is 9.41. The van der Waals surface area contributed by atoms with Crippen molar-refractivity contribution < 1.29 is 15.0 Å². The van der Waals surface area contributed by atoms with Gasteiger partial charge in [0, 0.05) is 31.1 Å². The van der Waals surface area contributed by atoms with Gasteiger partial charge in [-0.05, 0) is 92.5 Å². The van der Waals surface area contributed by atoms with Crippen LogP contribution in [0.5, 0.6) is 0 Å². The highest BCUT2D eigenvalue weighted by Gasteiger charge is 2.64. The van der Waals surface area contributed by atoms with Gasteiger partial charge in [-0.2, -0.15) is 0 Å². The second kappa shape index (κ2) is 7.56. The number of anilines is 1. The SMILES string of the molecule is CC(=O)[C@@]1(O)CCC2C3CCC4=CC(O)CCC4=C3C(c3ccc(N(C)C)cc3)C[C@@]21C. The second-order valence-corrected chi connectivity index (χ2v) is 11.1. The van der Waals surface area contributed by atoms with E-state index in [2.05, 4.69) is 56.3 Å². The van der Waals surface area contributed by atoms with Gasteiger partial charge in [0.05, 0.1) is 6.10 Å². The van der Waals surface area contributed by atoms with Crippen molar-refractivity contribution in [3.8, 4) is 0 Å². The molecular formula is C28H37NO3. The zero-order valence-electron chi connectivity index (χ0n) is 19.9. The number of nitrogens with zero attached hydrogens (tertiary/aromatic N) is 1.